The fourth-order valence-electron chi connectivity index (χ4n) is 2.10. The van der Waals surface area contributed by atoms with Crippen molar-refractivity contribution < 1.29 is 0 Å². The second-order valence-electron chi connectivity index (χ2n) is 4.69. The summed E-state index contributed by atoms with van der Waals surface area (Å²) in [4.78, 5) is 13.7. The molecule has 0 aliphatic rings. The molecule has 3 rings (SSSR count). The van der Waals surface area contributed by atoms with E-state index in [0.29, 0.717) is 5.95 Å². The van der Waals surface area contributed by atoms with Crippen LogP contribution in [0.1, 0.15) is 21.6 Å². The van der Waals surface area contributed by atoms with Crippen LogP contribution in [0.2, 0.25) is 0 Å². The lowest BCUT2D eigenvalue weighted by molar-refractivity contribution is 1.11. The average molecular weight is 319 g/mol. The average Bonchev–Trinajstić information content (AvgIpc) is 3.10. The third-order valence-electron chi connectivity index (χ3n) is 3.15. The van der Waals surface area contributed by atoms with E-state index in [2.05, 4.69) is 52.8 Å². The van der Waals surface area contributed by atoms with E-state index in [-0.39, 0.29) is 0 Å². The highest BCUT2D eigenvalue weighted by Gasteiger charge is 2.11. The minimum Gasteiger partial charge on any atom is -0.364 e. The summed E-state index contributed by atoms with van der Waals surface area (Å²) in [6.07, 6.45) is 0.996. The molecule has 0 bridgehead atoms. The van der Waals surface area contributed by atoms with Crippen molar-refractivity contribution >= 4 is 44.7 Å². The number of nitrogen functional groups attached to an aromatic ring is 1. The molecular weight excluding hydrogens is 302 g/mol. The highest BCUT2D eigenvalue weighted by Crippen LogP contribution is 2.30. The fraction of sp³-hybridized carbons (Fsp3) is 0.286. The van der Waals surface area contributed by atoms with Crippen molar-refractivity contribution in [3.05, 3.63) is 32.8 Å². The summed E-state index contributed by atoms with van der Waals surface area (Å²) in [7, 11) is 0. The molecule has 5 nitrogen and oxygen atoms in total. The van der Waals surface area contributed by atoms with Crippen LogP contribution >= 0.6 is 22.7 Å². The first-order valence-electron chi connectivity index (χ1n) is 6.76. The topological polar surface area (TPSA) is 75.9 Å². The Balaban J connectivity index is 1.93. The number of fused-ring (bicyclic) bond motifs is 1. The second-order valence-corrected chi connectivity index (χ2v) is 7.18. The van der Waals surface area contributed by atoms with Gasteiger partial charge in [0.2, 0.25) is 5.95 Å². The number of aromatic nitrogens is 2. The van der Waals surface area contributed by atoms with Crippen LogP contribution in [0.5, 0.6) is 0 Å². The summed E-state index contributed by atoms with van der Waals surface area (Å²) in [5, 5.41) is 4.46. The van der Waals surface area contributed by atoms with Crippen molar-refractivity contribution in [3.8, 4) is 0 Å². The molecule has 0 spiro atoms. The monoisotopic (exact) mass is 319 g/mol. The van der Waals surface area contributed by atoms with Crippen LogP contribution < -0.4 is 16.6 Å². The predicted octanol–water partition coefficient (Wildman–Crippen LogP) is 3.52. The lowest BCUT2D eigenvalue weighted by Crippen LogP contribution is -2.11. The van der Waals surface area contributed by atoms with Gasteiger partial charge in [-0.25, -0.2) is 10.8 Å². The first-order chi connectivity index (χ1) is 10.2. The first-order valence-corrected chi connectivity index (χ1v) is 8.39. The van der Waals surface area contributed by atoms with Crippen LogP contribution in [0.15, 0.2) is 18.2 Å². The Morgan fingerprint density at radius 2 is 2.05 bits per heavy atom. The van der Waals surface area contributed by atoms with E-state index in [4.69, 9.17) is 5.84 Å². The van der Waals surface area contributed by atoms with Crippen molar-refractivity contribution in [2.45, 2.75) is 26.8 Å². The molecule has 0 unspecified atom stereocenters. The molecule has 0 radical (unpaired) electrons. The van der Waals surface area contributed by atoms with Crippen molar-refractivity contribution in [1.29, 1.82) is 0 Å². The van der Waals surface area contributed by atoms with Gasteiger partial charge in [0.05, 0.1) is 11.9 Å². The van der Waals surface area contributed by atoms with E-state index in [1.165, 1.54) is 14.6 Å². The molecule has 4 N–H and O–H groups in total. The molecular formula is C14H17N5S2. The molecule has 0 amide bonds. The summed E-state index contributed by atoms with van der Waals surface area (Å²) in [6, 6.07) is 6.42. The van der Waals surface area contributed by atoms with Crippen molar-refractivity contribution in [3.63, 3.8) is 0 Å². The number of nitrogens with zero attached hydrogens (tertiary/aromatic N) is 2. The van der Waals surface area contributed by atoms with E-state index in [0.717, 1.165) is 29.0 Å². The molecule has 0 fully saturated rings. The Labute approximate surface area is 131 Å². The van der Waals surface area contributed by atoms with Gasteiger partial charge in [-0.05, 0) is 31.5 Å². The number of hydrazine groups is 1. The molecule has 7 heteroatoms. The molecule has 21 heavy (non-hydrogen) atoms. The van der Waals surface area contributed by atoms with Crippen LogP contribution in [0.3, 0.4) is 0 Å². The number of aryl methyl sites for hydroxylation is 2. The Bertz CT molecular complexity index is 762. The Morgan fingerprint density at radius 3 is 2.71 bits per heavy atom. The molecule has 110 valence electrons. The van der Waals surface area contributed by atoms with Gasteiger partial charge in [-0.15, -0.1) is 22.7 Å². The van der Waals surface area contributed by atoms with Gasteiger partial charge in [0.15, 0.2) is 0 Å². The van der Waals surface area contributed by atoms with Crippen molar-refractivity contribution in [2.24, 2.45) is 5.84 Å². The van der Waals surface area contributed by atoms with Gasteiger partial charge in [0.1, 0.15) is 10.6 Å². The van der Waals surface area contributed by atoms with Crippen LogP contribution in [0, 0.1) is 6.92 Å². The second kappa shape index (κ2) is 5.97. The predicted molar refractivity (Wildman–Crippen MR) is 91.0 cm³/mol. The van der Waals surface area contributed by atoms with Gasteiger partial charge in [0, 0.05) is 14.6 Å². The molecule has 0 aliphatic heterocycles. The maximum Gasteiger partial charge on any atom is 0.240 e. The van der Waals surface area contributed by atoms with Crippen LogP contribution in [0.25, 0.3) is 10.2 Å². The number of thiophene rings is 2. The number of hydrogen-bond donors (Lipinski definition) is 3. The Morgan fingerprint density at radius 1 is 1.19 bits per heavy atom. The SMILES string of the molecule is CCc1cc2c(NCc3ccc(C)s3)nc(NN)nc2s1. The van der Waals surface area contributed by atoms with Gasteiger partial charge in [0.25, 0.3) is 0 Å². The fourth-order valence-corrected chi connectivity index (χ4v) is 3.89. The van der Waals surface area contributed by atoms with E-state index < -0.39 is 0 Å². The lowest BCUT2D eigenvalue weighted by atomic mass is 10.3. The van der Waals surface area contributed by atoms with E-state index >= 15 is 0 Å². The van der Waals surface area contributed by atoms with E-state index in [1.807, 2.05) is 0 Å². The highest BCUT2D eigenvalue weighted by atomic mass is 32.1. The molecule has 0 aliphatic carbocycles. The number of hydrogen-bond acceptors (Lipinski definition) is 7. The molecule has 3 aromatic rings. The van der Waals surface area contributed by atoms with Crippen molar-refractivity contribution in [1.82, 2.24) is 9.97 Å². The van der Waals surface area contributed by atoms with Gasteiger partial charge >= 0.3 is 0 Å². The van der Waals surface area contributed by atoms with Crippen LogP contribution in [-0.2, 0) is 13.0 Å². The smallest absolute Gasteiger partial charge is 0.240 e. The van der Waals surface area contributed by atoms with Crippen molar-refractivity contribution in [2.75, 3.05) is 10.7 Å². The van der Waals surface area contributed by atoms with E-state index in [9.17, 15) is 0 Å². The molecule has 0 atom stereocenters. The maximum atomic E-state index is 5.46. The largest absolute Gasteiger partial charge is 0.364 e. The lowest BCUT2D eigenvalue weighted by Gasteiger charge is -2.07. The number of nitrogens with two attached hydrogens (primary N) is 1. The zero-order valence-electron chi connectivity index (χ0n) is 11.9. The summed E-state index contributed by atoms with van der Waals surface area (Å²) >= 11 is 3.47. The van der Waals surface area contributed by atoms with Crippen LogP contribution in [0.4, 0.5) is 11.8 Å². The molecule has 0 aromatic carbocycles. The highest BCUT2D eigenvalue weighted by molar-refractivity contribution is 7.18. The van der Waals surface area contributed by atoms with Gasteiger partial charge in [-0.3, -0.25) is 5.43 Å². The molecule has 3 heterocycles. The third kappa shape index (κ3) is 2.99. The Kier molecular flexibility index (Phi) is 4.05. The molecule has 0 saturated heterocycles. The maximum absolute atomic E-state index is 5.46. The van der Waals surface area contributed by atoms with Gasteiger partial charge in [-0.1, -0.05) is 6.92 Å². The quantitative estimate of drug-likeness (QED) is 0.495. The number of anilines is 2. The van der Waals surface area contributed by atoms with Gasteiger partial charge in [-0.2, -0.15) is 4.98 Å². The summed E-state index contributed by atoms with van der Waals surface area (Å²) < 4.78 is 0. The summed E-state index contributed by atoms with van der Waals surface area (Å²) in [5.41, 5.74) is 2.54. The zero-order chi connectivity index (χ0) is 14.8. The molecule has 0 saturated carbocycles. The number of rotatable bonds is 5. The minimum absolute atomic E-state index is 0.442. The minimum atomic E-state index is 0.442. The standard InChI is InChI=1S/C14H17N5S2/c1-3-9-6-11-12(16-7-10-5-4-8(2)20-10)17-14(19-15)18-13(11)21-9/h4-6H,3,7,15H2,1-2H3,(H2,16,17,18,19). The zero-order valence-corrected chi connectivity index (χ0v) is 13.6. The first kappa shape index (κ1) is 14.2. The molecule has 3 aromatic heterocycles. The van der Waals surface area contributed by atoms with Gasteiger partial charge < -0.3 is 5.32 Å². The third-order valence-corrected chi connectivity index (χ3v) is 5.32. The Hall–Kier alpha value is -1.70. The van der Waals surface area contributed by atoms with Crippen LogP contribution in [-0.4, -0.2) is 9.97 Å². The number of nitrogens with one attached hydrogen (secondary N) is 2. The van der Waals surface area contributed by atoms with E-state index in [1.54, 1.807) is 22.7 Å². The summed E-state index contributed by atoms with van der Waals surface area (Å²) in [6.45, 7) is 5.01. The summed E-state index contributed by atoms with van der Waals surface area (Å²) in [5.74, 6) is 6.73. The normalized spacial score (nSPS) is 11.0.